The van der Waals surface area contributed by atoms with E-state index in [9.17, 15) is 0 Å². The number of thioether (sulfide) groups is 1. The van der Waals surface area contributed by atoms with Gasteiger partial charge >= 0.3 is 0 Å². The summed E-state index contributed by atoms with van der Waals surface area (Å²) in [7, 11) is 0. The normalized spacial score (nSPS) is 12.7. The molecule has 0 saturated carbocycles. The molecule has 0 aliphatic carbocycles. The van der Waals surface area contributed by atoms with E-state index in [1.807, 2.05) is 17.8 Å². The van der Waals surface area contributed by atoms with Gasteiger partial charge in [0.25, 0.3) is 0 Å². The first-order chi connectivity index (χ1) is 7.34. The lowest BCUT2D eigenvalue weighted by molar-refractivity contribution is 0.705. The molecule has 0 spiro atoms. The molecule has 0 aliphatic rings. The third kappa shape index (κ3) is 5.48. The van der Waals surface area contributed by atoms with E-state index in [4.69, 9.17) is 11.6 Å². The lowest BCUT2D eigenvalue weighted by atomic mass is 10.1. The Morgan fingerprint density at radius 2 is 1.93 bits per heavy atom. The number of hydrogen-bond acceptors (Lipinski definition) is 1. The highest BCUT2D eigenvalue weighted by Crippen LogP contribution is 2.26. The molecule has 15 heavy (non-hydrogen) atoms. The summed E-state index contributed by atoms with van der Waals surface area (Å²) >= 11 is 8.32. The topological polar surface area (TPSA) is 0 Å². The Labute approximate surface area is 102 Å². The first-order valence-electron chi connectivity index (χ1n) is 5.61. The predicted molar refractivity (Wildman–Crippen MR) is 71.9 cm³/mol. The van der Waals surface area contributed by atoms with Crippen molar-refractivity contribution in [1.82, 2.24) is 0 Å². The Balaban J connectivity index is 2.16. The van der Waals surface area contributed by atoms with E-state index < -0.39 is 0 Å². The van der Waals surface area contributed by atoms with Crippen LogP contribution < -0.4 is 0 Å². The van der Waals surface area contributed by atoms with Gasteiger partial charge in [-0.1, -0.05) is 43.7 Å². The van der Waals surface area contributed by atoms with Gasteiger partial charge in [0, 0.05) is 0 Å². The molecule has 1 aromatic rings. The fraction of sp³-hybridized carbons (Fsp3) is 0.538. The standard InChI is InChI=1S/C13H19ClS/c1-2-15-11-7-6-10-13(14)12-8-4-3-5-9-12/h3-5,8-9,13H,2,6-7,10-11H2,1H3. The Morgan fingerprint density at radius 3 is 2.60 bits per heavy atom. The van der Waals surface area contributed by atoms with Crippen molar-refractivity contribution in [3.8, 4) is 0 Å². The summed E-state index contributed by atoms with van der Waals surface area (Å²) in [4.78, 5) is 0. The minimum atomic E-state index is 0.192. The highest BCUT2D eigenvalue weighted by Gasteiger charge is 2.05. The van der Waals surface area contributed by atoms with Gasteiger partial charge in [-0.15, -0.1) is 11.6 Å². The molecule has 84 valence electrons. The SMILES string of the molecule is CCSCCCCC(Cl)c1ccccc1. The highest BCUT2D eigenvalue weighted by molar-refractivity contribution is 7.99. The molecule has 0 aliphatic heterocycles. The number of halogens is 1. The van der Waals surface area contributed by atoms with Crippen molar-refractivity contribution in [3.05, 3.63) is 35.9 Å². The van der Waals surface area contributed by atoms with E-state index in [-0.39, 0.29) is 5.38 Å². The first kappa shape index (κ1) is 12.9. The van der Waals surface area contributed by atoms with E-state index in [0.29, 0.717) is 0 Å². The fourth-order valence-electron chi connectivity index (χ4n) is 1.50. The highest BCUT2D eigenvalue weighted by atomic mass is 35.5. The first-order valence-corrected chi connectivity index (χ1v) is 7.20. The molecule has 0 fully saturated rings. The molecule has 1 unspecified atom stereocenters. The van der Waals surface area contributed by atoms with Crippen LogP contribution in [-0.4, -0.2) is 11.5 Å². The summed E-state index contributed by atoms with van der Waals surface area (Å²) < 4.78 is 0. The van der Waals surface area contributed by atoms with Crippen molar-refractivity contribution in [2.75, 3.05) is 11.5 Å². The zero-order valence-electron chi connectivity index (χ0n) is 9.29. The van der Waals surface area contributed by atoms with Gasteiger partial charge in [-0.3, -0.25) is 0 Å². The molecular formula is C13H19ClS. The maximum absolute atomic E-state index is 6.31. The smallest absolute Gasteiger partial charge is 0.0585 e. The number of benzene rings is 1. The largest absolute Gasteiger partial charge is 0.162 e. The maximum atomic E-state index is 6.31. The van der Waals surface area contributed by atoms with Crippen molar-refractivity contribution in [3.63, 3.8) is 0 Å². The third-order valence-electron chi connectivity index (χ3n) is 2.36. The fourth-order valence-corrected chi connectivity index (χ4v) is 2.50. The van der Waals surface area contributed by atoms with E-state index in [1.165, 1.54) is 29.9 Å². The number of unbranched alkanes of at least 4 members (excludes halogenated alkanes) is 1. The zero-order chi connectivity index (χ0) is 10.9. The van der Waals surface area contributed by atoms with Gasteiger partial charge in [-0.25, -0.2) is 0 Å². The van der Waals surface area contributed by atoms with Crippen LogP contribution in [0.4, 0.5) is 0 Å². The molecule has 1 atom stereocenters. The van der Waals surface area contributed by atoms with Gasteiger partial charge in [0.05, 0.1) is 5.38 Å². The quantitative estimate of drug-likeness (QED) is 0.485. The van der Waals surface area contributed by atoms with Crippen molar-refractivity contribution < 1.29 is 0 Å². The molecule has 1 aromatic carbocycles. The monoisotopic (exact) mass is 242 g/mol. The van der Waals surface area contributed by atoms with Crippen LogP contribution in [0.15, 0.2) is 30.3 Å². The van der Waals surface area contributed by atoms with Gasteiger partial charge in [-0.2, -0.15) is 11.8 Å². The van der Waals surface area contributed by atoms with Crippen molar-refractivity contribution in [1.29, 1.82) is 0 Å². The van der Waals surface area contributed by atoms with Crippen LogP contribution in [0.5, 0.6) is 0 Å². The van der Waals surface area contributed by atoms with E-state index in [2.05, 4.69) is 31.2 Å². The Morgan fingerprint density at radius 1 is 1.20 bits per heavy atom. The lowest BCUT2D eigenvalue weighted by Crippen LogP contribution is -1.91. The Hall–Kier alpha value is -0.140. The minimum absolute atomic E-state index is 0.192. The van der Waals surface area contributed by atoms with Crippen molar-refractivity contribution >= 4 is 23.4 Å². The summed E-state index contributed by atoms with van der Waals surface area (Å²) in [5, 5.41) is 0.192. The summed E-state index contributed by atoms with van der Waals surface area (Å²) in [5.41, 5.74) is 1.25. The molecule has 0 aromatic heterocycles. The average Bonchev–Trinajstić information content (AvgIpc) is 2.30. The molecule has 0 saturated heterocycles. The molecule has 2 heteroatoms. The molecule has 0 amide bonds. The van der Waals surface area contributed by atoms with E-state index in [1.54, 1.807) is 0 Å². The van der Waals surface area contributed by atoms with Crippen LogP contribution in [0.25, 0.3) is 0 Å². The van der Waals surface area contributed by atoms with Gasteiger partial charge in [-0.05, 0) is 29.9 Å². The second-order valence-corrected chi connectivity index (χ2v) is 5.49. The molecule has 0 bridgehead atoms. The van der Waals surface area contributed by atoms with Gasteiger partial charge in [0.15, 0.2) is 0 Å². The predicted octanol–water partition coefficient (Wildman–Crippen LogP) is 4.89. The van der Waals surface area contributed by atoms with Crippen LogP contribution in [0.2, 0.25) is 0 Å². The van der Waals surface area contributed by atoms with Crippen LogP contribution >= 0.6 is 23.4 Å². The number of rotatable bonds is 7. The van der Waals surface area contributed by atoms with Gasteiger partial charge in [0.2, 0.25) is 0 Å². The van der Waals surface area contributed by atoms with Gasteiger partial charge < -0.3 is 0 Å². The van der Waals surface area contributed by atoms with Crippen LogP contribution in [0, 0.1) is 0 Å². The maximum Gasteiger partial charge on any atom is 0.0585 e. The molecule has 1 rings (SSSR count). The third-order valence-corrected chi connectivity index (χ3v) is 3.82. The number of alkyl halides is 1. The zero-order valence-corrected chi connectivity index (χ0v) is 10.9. The van der Waals surface area contributed by atoms with E-state index in [0.717, 1.165) is 6.42 Å². The van der Waals surface area contributed by atoms with E-state index >= 15 is 0 Å². The second kappa shape index (κ2) is 8.06. The molecule has 0 heterocycles. The average molecular weight is 243 g/mol. The summed E-state index contributed by atoms with van der Waals surface area (Å²) in [5.74, 6) is 2.50. The van der Waals surface area contributed by atoms with Crippen LogP contribution in [-0.2, 0) is 0 Å². The lowest BCUT2D eigenvalue weighted by Gasteiger charge is -2.09. The molecular weight excluding hydrogens is 224 g/mol. The van der Waals surface area contributed by atoms with Crippen LogP contribution in [0.1, 0.15) is 37.1 Å². The van der Waals surface area contributed by atoms with Crippen LogP contribution in [0.3, 0.4) is 0 Å². The summed E-state index contributed by atoms with van der Waals surface area (Å²) in [6.45, 7) is 2.21. The Kier molecular flexibility index (Phi) is 6.95. The minimum Gasteiger partial charge on any atom is -0.162 e. The molecule has 0 nitrogen and oxygen atoms in total. The summed E-state index contributed by atoms with van der Waals surface area (Å²) in [6.07, 6.45) is 3.61. The van der Waals surface area contributed by atoms with Crippen molar-refractivity contribution in [2.45, 2.75) is 31.6 Å². The van der Waals surface area contributed by atoms with Crippen molar-refractivity contribution in [2.24, 2.45) is 0 Å². The summed E-state index contributed by atoms with van der Waals surface area (Å²) in [6, 6.07) is 10.4. The molecule has 0 radical (unpaired) electrons. The Bertz CT molecular complexity index is 248. The second-order valence-electron chi connectivity index (χ2n) is 3.57. The van der Waals surface area contributed by atoms with Gasteiger partial charge in [0.1, 0.15) is 0 Å². The molecule has 0 N–H and O–H groups in total. The number of hydrogen-bond donors (Lipinski definition) is 0.